The van der Waals surface area contributed by atoms with Gasteiger partial charge in [-0.05, 0) is 79.7 Å². The summed E-state index contributed by atoms with van der Waals surface area (Å²) in [6.07, 6.45) is 11.9. The Labute approximate surface area is 173 Å². The molecule has 4 aliphatic carbocycles. The maximum Gasteiger partial charge on any atom is 0.191 e. The predicted octanol–water partition coefficient (Wildman–Crippen LogP) is 5.82. The molecule has 4 aliphatic rings. The van der Waals surface area contributed by atoms with Crippen LogP contribution < -0.4 is 0 Å². The molecule has 4 heteroatoms. The number of nitrogens with zero attached hydrogens (tertiary/aromatic N) is 3. The van der Waals surface area contributed by atoms with Crippen molar-refractivity contribution in [3.8, 4) is 0 Å². The Morgan fingerprint density at radius 2 is 1.79 bits per heavy atom. The van der Waals surface area contributed by atoms with Crippen LogP contribution in [0.5, 0.6) is 0 Å². The third-order valence-electron chi connectivity index (χ3n) is 7.42. The number of benzene rings is 1. The average Bonchev–Trinajstić information content (AvgIpc) is 3.01. The van der Waals surface area contributed by atoms with E-state index in [2.05, 4.69) is 52.5 Å². The first-order chi connectivity index (χ1) is 13.6. The monoisotopic (exact) mass is 393 g/mol. The zero-order valence-corrected chi connectivity index (χ0v) is 17.8. The number of aryl methyl sites for hydroxylation is 1. The number of hydrogen-bond acceptors (Lipinski definition) is 3. The zero-order valence-electron chi connectivity index (χ0n) is 16.9. The van der Waals surface area contributed by atoms with Gasteiger partial charge in [-0.2, -0.15) is 0 Å². The van der Waals surface area contributed by atoms with E-state index in [0.717, 1.165) is 41.6 Å². The van der Waals surface area contributed by atoms with Gasteiger partial charge in [0.2, 0.25) is 0 Å². The minimum Gasteiger partial charge on any atom is -0.302 e. The normalized spacial score (nSPS) is 30.7. The van der Waals surface area contributed by atoms with E-state index in [0.29, 0.717) is 5.41 Å². The van der Waals surface area contributed by atoms with Crippen molar-refractivity contribution in [1.29, 1.82) is 0 Å². The van der Waals surface area contributed by atoms with Crippen LogP contribution in [0.3, 0.4) is 0 Å². The van der Waals surface area contributed by atoms with E-state index in [1.807, 2.05) is 17.8 Å². The highest BCUT2D eigenvalue weighted by atomic mass is 32.2. The molecule has 1 heterocycles. The van der Waals surface area contributed by atoms with Crippen LogP contribution in [0.2, 0.25) is 0 Å². The van der Waals surface area contributed by atoms with Gasteiger partial charge in [0.1, 0.15) is 5.82 Å². The van der Waals surface area contributed by atoms with Crippen molar-refractivity contribution >= 4 is 11.8 Å². The summed E-state index contributed by atoms with van der Waals surface area (Å²) in [5.74, 6) is 5.08. The molecule has 1 aromatic heterocycles. The van der Waals surface area contributed by atoms with Gasteiger partial charge in [0.05, 0.1) is 0 Å². The van der Waals surface area contributed by atoms with Crippen molar-refractivity contribution in [3.05, 3.63) is 53.9 Å². The fourth-order valence-corrected chi connectivity index (χ4v) is 7.67. The standard InChI is InChI=1S/C24H31N3S/c1-3-8-27-22(15-24-12-18-9-19(13-24)11-20(10-18)14-24)25-26-23(27)28-16-21-7-5-4-6-17(21)2/h3-7,18-20H,1,8-16H2,2H3. The smallest absolute Gasteiger partial charge is 0.191 e. The van der Waals surface area contributed by atoms with Crippen LogP contribution in [-0.2, 0) is 18.7 Å². The minimum absolute atomic E-state index is 0.499. The van der Waals surface area contributed by atoms with Crippen molar-refractivity contribution in [3.63, 3.8) is 0 Å². The maximum atomic E-state index is 4.69. The molecule has 0 aliphatic heterocycles. The van der Waals surface area contributed by atoms with Crippen molar-refractivity contribution < 1.29 is 0 Å². The lowest BCUT2D eigenvalue weighted by molar-refractivity contribution is -0.0535. The van der Waals surface area contributed by atoms with Crippen molar-refractivity contribution in [2.75, 3.05) is 0 Å². The summed E-state index contributed by atoms with van der Waals surface area (Å²) in [4.78, 5) is 0. The Hall–Kier alpha value is -1.55. The van der Waals surface area contributed by atoms with Crippen LogP contribution in [-0.4, -0.2) is 14.8 Å². The Morgan fingerprint density at radius 1 is 1.11 bits per heavy atom. The van der Waals surface area contributed by atoms with E-state index in [4.69, 9.17) is 0 Å². The first-order valence-electron chi connectivity index (χ1n) is 10.8. The number of aromatic nitrogens is 3. The number of thioether (sulfide) groups is 1. The summed E-state index contributed by atoms with van der Waals surface area (Å²) in [6.45, 7) is 6.98. The van der Waals surface area contributed by atoms with E-state index in [9.17, 15) is 0 Å². The average molecular weight is 394 g/mol. The van der Waals surface area contributed by atoms with Gasteiger partial charge >= 0.3 is 0 Å². The first-order valence-corrected chi connectivity index (χ1v) is 11.8. The third-order valence-corrected chi connectivity index (χ3v) is 8.44. The molecule has 2 aromatic rings. The van der Waals surface area contributed by atoms with Crippen LogP contribution >= 0.6 is 11.8 Å². The third kappa shape index (κ3) is 3.45. The molecule has 4 bridgehead atoms. The van der Waals surface area contributed by atoms with E-state index >= 15 is 0 Å². The molecule has 1 aromatic carbocycles. The molecule has 0 radical (unpaired) electrons. The highest BCUT2D eigenvalue weighted by Crippen LogP contribution is 2.61. The fraction of sp³-hybridized carbons (Fsp3) is 0.583. The molecule has 28 heavy (non-hydrogen) atoms. The Kier molecular flexibility index (Phi) is 4.86. The molecule has 4 saturated carbocycles. The fourth-order valence-electron chi connectivity index (χ4n) is 6.63. The van der Waals surface area contributed by atoms with Crippen LogP contribution in [0.15, 0.2) is 42.1 Å². The van der Waals surface area contributed by atoms with E-state index in [1.54, 1.807) is 0 Å². The van der Waals surface area contributed by atoms with Gasteiger partial charge in [0.15, 0.2) is 5.16 Å². The van der Waals surface area contributed by atoms with Gasteiger partial charge in [0, 0.05) is 18.7 Å². The first kappa shape index (κ1) is 18.5. The van der Waals surface area contributed by atoms with Crippen LogP contribution in [0.1, 0.15) is 55.5 Å². The van der Waals surface area contributed by atoms with Crippen molar-refractivity contribution in [1.82, 2.24) is 14.8 Å². The summed E-state index contributed by atoms with van der Waals surface area (Å²) in [7, 11) is 0. The van der Waals surface area contributed by atoms with Crippen molar-refractivity contribution in [2.24, 2.45) is 23.2 Å². The molecule has 3 nitrogen and oxygen atoms in total. The highest BCUT2D eigenvalue weighted by Gasteiger charge is 2.51. The topological polar surface area (TPSA) is 30.7 Å². The van der Waals surface area contributed by atoms with E-state index in [-0.39, 0.29) is 0 Å². The van der Waals surface area contributed by atoms with Crippen LogP contribution in [0.4, 0.5) is 0 Å². The van der Waals surface area contributed by atoms with Gasteiger partial charge in [-0.1, -0.05) is 42.1 Å². The predicted molar refractivity (Wildman–Crippen MR) is 115 cm³/mol. The molecule has 0 atom stereocenters. The molecular weight excluding hydrogens is 362 g/mol. The minimum atomic E-state index is 0.499. The van der Waals surface area contributed by atoms with Gasteiger partial charge < -0.3 is 4.57 Å². The van der Waals surface area contributed by atoms with Crippen molar-refractivity contribution in [2.45, 2.75) is 69.3 Å². The lowest BCUT2D eigenvalue weighted by Gasteiger charge is -2.56. The summed E-state index contributed by atoms with van der Waals surface area (Å²) < 4.78 is 2.33. The summed E-state index contributed by atoms with van der Waals surface area (Å²) in [5.41, 5.74) is 3.22. The molecule has 4 fully saturated rings. The second kappa shape index (κ2) is 7.37. The summed E-state index contributed by atoms with van der Waals surface area (Å²) in [6, 6.07) is 8.62. The molecule has 0 amide bonds. The molecule has 6 rings (SSSR count). The van der Waals surface area contributed by atoms with Crippen LogP contribution in [0.25, 0.3) is 0 Å². The van der Waals surface area contributed by atoms with Crippen LogP contribution in [0, 0.1) is 30.1 Å². The highest BCUT2D eigenvalue weighted by molar-refractivity contribution is 7.98. The number of allylic oxidation sites excluding steroid dienone is 1. The number of hydrogen-bond donors (Lipinski definition) is 0. The van der Waals surface area contributed by atoms with Gasteiger partial charge in [-0.3, -0.25) is 0 Å². The molecular formula is C24H31N3S. The Bertz CT molecular complexity index is 833. The lowest BCUT2D eigenvalue weighted by atomic mass is 9.49. The molecule has 0 N–H and O–H groups in total. The quantitative estimate of drug-likeness (QED) is 0.438. The second-order valence-corrected chi connectivity index (χ2v) is 10.6. The maximum absolute atomic E-state index is 4.69. The van der Waals surface area contributed by atoms with Gasteiger partial charge in [-0.25, -0.2) is 0 Å². The molecule has 0 saturated heterocycles. The largest absolute Gasteiger partial charge is 0.302 e. The SMILES string of the molecule is C=CCn1c(CC23CC4CC(CC(C4)C2)C3)nnc1SCc1ccccc1C. The van der Waals surface area contributed by atoms with Gasteiger partial charge in [0.25, 0.3) is 0 Å². The van der Waals surface area contributed by atoms with E-state index < -0.39 is 0 Å². The Morgan fingerprint density at radius 3 is 2.43 bits per heavy atom. The number of rotatable bonds is 7. The second-order valence-electron chi connectivity index (χ2n) is 9.61. The lowest BCUT2D eigenvalue weighted by Crippen LogP contribution is -2.47. The summed E-state index contributed by atoms with van der Waals surface area (Å²) in [5, 5.41) is 10.3. The molecule has 0 spiro atoms. The van der Waals surface area contributed by atoms with Gasteiger partial charge in [-0.15, -0.1) is 16.8 Å². The van der Waals surface area contributed by atoms with E-state index in [1.165, 1.54) is 55.5 Å². The summed E-state index contributed by atoms with van der Waals surface area (Å²) >= 11 is 1.81. The molecule has 0 unspecified atom stereocenters. The molecule has 148 valence electrons. The Balaban J connectivity index is 1.35. The zero-order chi connectivity index (χ0) is 19.1.